The summed E-state index contributed by atoms with van der Waals surface area (Å²) in [6.45, 7) is 2.53. The van der Waals surface area contributed by atoms with Gasteiger partial charge in [0.1, 0.15) is 6.04 Å². The van der Waals surface area contributed by atoms with Crippen LogP contribution in [0.1, 0.15) is 36.5 Å². The minimum Gasteiger partial charge on any atom is -0.376 e. The molecule has 0 radical (unpaired) electrons. The van der Waals surface area contributed by atoms with E-state index in [0.717, 1.165) is 11.1 Å². The second kappa shape index (κ2) is 8.95. The molecule has 1 saturated heterocycles. The molecule has 2 aromatic rings. The summed E-state index contributed by atoms with van der Waals surface area (Å²) in [5, 5.41) is 14.3. The SMILES string of the molecule is CC(O)(C(=O)N1CCCC1C(=O)NCc1cc(Cl)ccc1CN)c1ccccc1. The van der Waals surface area contributed by atoms with Crippen molar-refractivity contribution in [1.82, 2.24) is 10.2 Å². The second-order valence-corrected chi connectivity index (χ2v) is 7.87. The van der Waals surface area contributed by atoms with Gasteiger partial charge < -0.3 is 21.1 Å². The Kier molecular flexibility index (Phi) is 6.57. The van der Waals surface area contributed by atoms with Gasteiger partial charge in [-0.1, -0.05) is 48.0 Å². The van der Waals surface area contributed by atoms with Crippen LogP contribution >= 0.6 is 11.6 Å². The van der Waals surface area contributed by atoms with Crippen molar-refractivity contribution < 1.29 is 14.7 Å². The number of aliphatic hydroxyl groups is 1. The monoisotopic (exact) mass is 415 g/mol. The Morgan fingerprint density at radius 3 is 2.66 bits per heavy atom. The highest BCUT2D eigenvalue weighted by Gasteiger charge is 2.42. The van der Waals surface area contributed by atoms with E-state index in [1.165, 1.54) is 11.8 Å². The molecule has 0 aromatic heterocycles. The third-order valence-electron chi connectivity index (χ3n) is 5.41. The molecule has 0 bridgehead atoms. The molecule has 1 heterocycles. The molecule has 0 spiro atoms. The fourth-order valence-electron chi connectivity index (χ4n) is 3.71. The second-order valence-electron chi connectivity index (χ2n) is 7.43. The van der Waals surface area contributed by atoms with E-state index in [2.05, 4.69) is 5.32 Å². The van der Waals surface area contributed by atoms with Crippen LogP contribution in [0.15, 0.2) is 48.5 Å². The third-order valence-corrected chi connectivity index (χ3v) is 5.65. The molecule has 2 amide bonds. The van der Waals surface area contributed by atoms with E-state index in [0.29, 0.717) is 36.5 Å². The number of halogens is 1. The first-order valence-corrected chi connectivity index (χ1v) is 10.1. The predicted molar refractivity (Wildman–Crippen MR) is 112 cm³/mol. The fraction of sp³-hybridized carbons (Fsp3) is 0.364. The Morgan fingerprint density at radius 2 is 1.97 bits per heavy atom. The summed E-state index contributed by atoms with van der Waals surface area (Å²) in [5.74, 6) is -0.714. The summed E-state index contributed by atoms with van der Waals surface area (Å²) in [4.78, 5) is 27.4. The van der Waals surface area contributed by atoms with E-state index in [-0.39, 0.29) is 12.5 Å². The normalized spacial score (nSPS) is 18.3. The summed E-state index contributed by atoms with van der Waals surface area (Å²) in [7, 11) is 0. The number of nitrogens with one attached hydrogen (secondary N) is 1. The van der Waals surface area contributed by atoms with Gasteiger partial charge in [0.15, 0.2) is 5.60 Å². The maximum atomic E-state index is 13.1. The van der Waals surface area contributed by atoms with Crippen molar-refractivity contribution >= 4 is 23.4 Å². The molecule has 29 heavy (non-hydrogen) atoms. The van der Waals surface area contributed by atoms with E-state index in [9.17, 15) is 14.7 Å². The predicted octanol–water partition coefficient (Wildman–Crippen LogP) is 2.31. The van der Waals surface area contributed by atoms with Gasteiger partial charge in [-0.05, 0) is 48.6 Å². The van der Waals surface area contributed by atoms with Crippen molar-refractivity contribution in [3.8, 4) is 0 Å². The zero-order chi connectivity index (χ0) is 21.0. The number of carbonyl (C=O) groups is 2. The molecule has 4 N–H and O–H groups in total. The van der Waals surface area contributed by atoms with Gasteiger partial charge in [0.05, 0.1) is 0 Å². The Bertz CT molecular complexity index is 886. The van der Waals surface area contributed by atoms with E-state index in [4.69, 9.17) is 17.3 Å². The smallest absolute Gasteiger partial charge is 0.259 e. The van der Waals surface area contributed by atoms with Crippen LogP contribution in [0.4, 0.5) is 0 Å². The van der Waals surface area contributed by atoms with Crippen molar-refractivity contribution in [2.24, 2.45) is 5.73 Å². The summed E-state index contributed by atoms with van der Waals surface area (Å²) in [6.07, 6.45) is 1.27. The Morgan fingerprint density at radius 1 is 1.24 bits per heavy atom. The lowest BCUT2D eigenvalue weighted by atomic mass is 9.94. The largest absolute Gasteiger partial charge is 0.376 e. The van der Waals surface area contributed by atoms with Gasteiger partial charge in [-0.2, -0.15) is 0 Å². The first kappa shape index (κ1) is 21.3. The van der Waals surface area contributed by atoms with Crippen molar-refractivity contribution in [3.05, 3.63) is 70.2 Å². The van der Waals surface area contributed by atoms with Crippen LogP contribution in [0.3, 0.4) is 0 Å². The van der Waals surface area contributed by atoms with Crippen LogP contribution in [-0.2, 0) is 28.3 Å². The molecular weight excluding hydrogens is 390 g/mol. The summed E-state index contributed by atoms with van der Waals surface area (Å²) in [5.41, 5.74) is 6.32. The molecule has 6 nitrogen and oxygen atoms in total. The van der Waals surface area contributed by atoms with Crippen LogP contribution in [0, 0.1) is 0 Å². The Hall–Kier alpha value is -2.41. The van der Waals surface area contributed by atoms with Gasteiger partial charge in [-0.15, -0.1) is 0 Å². The fourth-order valence-corrected chi connectivity index (χ4v) is 3.90. The number of benzene rings is 2. The van der Waals surface area contributed by atoms with Crippen molar-refractivity contribution in [2.45, 2.75) is 44.5 Å². The first-order chi connectivity index (χ1) is 13.8. The molecule has 0 saturated carbocycles. The number of hydrogen-bond donors (Lipinski definition) is 3. The quantitative estimate of drug-likeness (QED) is 0.674. The zero-order valence-electron chi connectivity index (χ0n) is 16.4. The number of hydrogen-bond acceptors (Lipinski definition) is 4. The van der Waals surface area contributed by atoms with Crippen LogP contribution < -0.4 is 11.1 Å². The topological polar surface area (TPSA) is 95.7 Å². The van der Waals surface area contributed by atoms with Crippen molar-refractivity contribution in [1.29, 1.82) is 0 Å². The molecule has 7 heteroatoms. The lowest BCUT2D eigenvalue weighted by Gasteiger charge is -2.32. The van der Waals surface area contributed by atoms with Crippen molar-refractivity contribution in [3.63, 3.8) is 0 Å². The summed E-state index contributed by atoms with van der Waals surface area (Å²) in [6, 6.07) is 13.5. The lowest BCUT2D eigenvalue weighted by molar-refractivity contribution is -0.154. The average molecular weight is 416 g/mol. The molecule has 0 aliphatic carbocycles. The summed E-state index contributed by atoms with van der Waals surface area (Å²) < 4.78 is 0. The molecule has 154 valence electrons. The van der Waals surface area contributed by atoms with Gasteiger partial charge in [0.25, 0.3) is 5.91 Å². The van der Waals surface area contributed by atoms with Crippen molar-refractivity contribution in [2.75, 3.05) is 6.54 Å². The number of carbonyl (C=O) groups excluding carboxylic acids is 2. The molecule has 2 unspecified atom stereocenters. The molecule has 1 aliphatic rings. The van der Waals surface area contributed by atoms with Crippen LogP contribution in [0.2, 0.25) is 5.02 Å². The summed E-state index contributed by atoms with van der Waals surface area (Å²) >= 11 is 6.06. The lowest BCUT2D eigenvalue weighted by Crippen LogP contribution is -2.52. The van der Waals surface area contributed by atoms with E-state index in [1.807, 2.05) is 12.1 Å². The maximum Gasteiger partial charge on any atom is 0.259 e. The van der Waals surface area contributed by atoms with Gasteiger partial charge in [0.2, 0.25) is 5.91 Å². The maximum absolute atomic E-state index is 13.1. The number of amides is 2. The Balaban J connectivity index is 1.71. The highest BCUT2D eigenvalue weighted by molar-refractivity contribution is 6.30. The zero-order valence-corrected chi connectivity index (χ0v) is 17.2. The molecule has 1 fully saturated rings. The van der Waals surface area contributed by atoms with E-state index < -0.39 is 17.6 Å². The molecular formula is C22H26ClN3O3. The molecule has 2 aromatic carbocycles. The molecule has 1 aliphatic heterocycles. The van der Waals surface area contributed by atoms with E-state index in [1.54, 1.807) is 36.4 Å². The first-order valence-electron chi connectivity index (χ1n) is 9.68. The molecule has 2 atom stereocenters. The van der Waals surface area contributed by atoms with E-state index >= 15 is 0 Å². The number of nitrogens with zero attached hydrogens (tertiary/aromatic N) is 1. The third kappa shape index (κ3) is 4.61. The standard InChI is InChI=1S/C22H26ClN3O3/c1-22(29,17-6-3-2-4-7-17)21(28)26-11-5-8-19(26)20(27)25-14-16-12-18(23)10-9-15(16)13-24/h2-4,6-7,9-10,12,19,29H,5,8,11,13-14,24H2,1H3,(H,25,27). The van der Waals surface area contributed by atoms with Crippen LogP contribution in [0.25, 0.3) is 0 Å². The highest BCUT2D eigenvalue weighted by Crippen LogP contribution is 2.28. The molecule has 3 rings (SSSR count). The number of likely N-dealkylation sites (tertiary alicyclic amines) is 1. The number of nitrogens with two attached hydrogens (primary N) is 1. The minimum atomic E-state index is -1.69. The highest BCUT2D eigenvalue weighted by atomic mass is 35.5. The average Bonchev–Trinajstić information content (AvgIpc) is 3.22. The Labute approximate surface area is 175 Å². The minimum absolute atomic E-state index is 0.248. The van der Waals surface area contributed by atoms with Gasteiger partial charge in [-0.25, -0.2) is 0 Å². The number of rotatable bonds is 6. The van der Waals surface area contributed by atoms with Gasteiger partial charge >= 0.3 is 0 Å². The van der Waals surface area contributed by atoms with Gasteiger partial charge in [-0.3, -0.25) is 9.59 Å². The van der Waals surface area contributed by atoms with Crippen LogP contribution in [0.5, 0.6) is 0 Å². The van der Waals surface area contributed by atoms with Gasteiger partial charge in [0, 0.05) is 24.7 Å². The van der Waals surface area contributed by atoms with Crippen LogP contribution in [-0.4, -0.2) is 34.4 Å².